The van der Waals surface area contributed by atoms with E-state index in [1.807, 2.05) is 158 Å². The molecule has 9 aromatic rings. The van der Waals surface area contributed by atoms with Crippen molar-refractivity contribution in [1.82, 2.24) is 4.57 Å². The Bertz CT molecular complexity index is 3070. The molecule has 0 bridgehead atoms. The fraction of sp³-hybridized carbons (Fsp3) is 0. The van der Waals surface area contributed by atoms with Crippen LogP contribution in [0.1, 0.15) is 31.8 Å². The second-order valence-electron chi connectivity index (χ2n) is 14.2. The molecule has 0 fully saturated rings. The lowest BCUT2D eigenvalue weighted by molar-refractivity contribution is 0.0926. The molecule has 0 saturated heterocycles. The number of nitrogens with zero attached hydrogens (tertiary/aromatic N) is 4. The maximum atomic E-state index is 15.2. The number of aromatic nitrogens is 1. The summed E-state index contributed by atoms with van der Waals surface area (Å²) in [7, 11) is 0. The Morgan fingerprint density at radius 2 is 0.845 bits per heavy atom. The van der Waals surface area contributed by atoms with E-state index in [0.717, 1.165) is 66.3 Å². The average Bonchev–Trinajstić information content (AvgIpc) is 3.77. The molecule has 1 aliphatic heterocycles. The number of fused-ring (bicyclic) bond motifs is 4. The van der Waals surface area contributed by atoms with Crippen LogP contribution in [0.4, 0.5) is 5.69 Å². The lowest BCUT2D eigenvalue weighted by atomic mass is 9.96. The second kappa shape index (κ2) is 13.8. The second-order valence-corrected chi connectivity index (χ2v) is 14.2. The summed E-state index contributed by atoms with van der Waals surface area (Å²) in [4.78, 5) is 31.2. The van der Waals surface area contributed by atoms with E-state index < -0.39 is 11.8 Å². The Morgan fingerprint density at radius 3 is 1.36 bits per heavy atom. The van der Waals surface area contributed by atoms with Crippen LogP contribution >= 0.6 is 0 Å². The van der Waals surface area contributed by atoms with Gasteiger partial charge in [0, 0.05) is 33.0 Å². The topological polar surface area (TPSA) is 89.9 Å². The third-order valence-electron chi connectivity index (χ3n) is 11.0. The Balaban J connectivity index is 1.26. The van der Waals surface area contributed by atoms with Gasteiger partial charge in [0.25, 0.3) is 11.8 Å². The quantitative estimate of drug-likeness (QED) is 0.159. The zero-order valence-electron chi connectivity index (χ0n) is 30.9. The van der Waals surface area contributed by atoms with Gasteiger partial charge in [0.1, 0.15) is 0 Å². The SMILES string of the molecule is N#Cc1ccccc1-c1cccc2c3cccc(-c4ccccc4C#N)c3n(-c3cccc4c3C(=O)N(c3cc(-c5ccccc5)cc(-c5ccccc5)c3)C4=O)c12. The standard InChI is InChI=1S/C52H30N4O2/c53-31-35-18-7-9-20-40(35)42-22-11-24-44-45-25-12-23-43(41-21-10-8-19-36(41)32-54)50(45)56(49(42)44)47-27-13-26-46-48(47)52(58)55(51(46)57)39-29-37(33-14-3-1-4-15-33)28-38(30-39)34-16-5-2-6-17-34/h1-30H. The lowest BCUT2D eigenvalue weighted by Crippen LogP contribution is -2.29. The summed E-state index contributed by atoms with van der Waals surface area (Å²) < 4.78 is 2.06. The number of carbonyl (C=O) groups is 2. The molecule has 2 amide bonds. The molecule has 6 nitrogen and oxygen atoms in total. The molecule has 2 heterocycles. The van der Waals surface area contributed by atoms with Gasteiger partial charge in [0.2, 0.25) is 0 Å². The monoisotopic (exact) mass is 742 g/mol. The number of amides is 2. The fourth-order valence-corrected chi connectivity index (χ4v) is 8.45. The van der Waals surface area contributed by atoms with E-state index in [-0.39, 0.29) is 11.1 Å². The van der Waals surface area contributed by atoms with Crippen molar-refractivity contribution >= 4 is 39.3 Å². The first kappa shape index (κ1) is 34.2. The highest BCUT2D eigenvalue weighted by molar-refractivity contribution is 6.36. The van der Waals surface area contributed by atoms with Crippen LogP contribution < -0.4 is 4.90 Å². The third kappa shape index (κ3) is 5.33. The summed E-state index contributed by atoms with van der Waals surface area (Å²) in [5, 5.41) is 22.3. The Kier molecular flexibility index (Phi) is 8.11. The molecule has 0 aliphatic carbocycles. The number of hydrogen-bond donors (Lipinski definition) is 0. The summed E-state index contributed by atoms with van der Waals surface area (Å²) >= 11 is 0. The van der Waals surface area contributed by atoms with E-state index >= 15 is 4.79 Å². The molecule has 0 saturated carbocycles. The highest BCUT2D eigenvalue weighted by Gasteiger charge is 2.40. The van der Waals surface area contributed by atoms with Crippen molar-refractivity contribution in [2.45, 2.75) is 0 Å². The van der Waals surface area contributed by atoms with Gasteiger partial charge in [-0.2, -0.15) is 10.5 Å². The van der Waals surface area contributed by atoms with Crippen molar-refractivity contribution in [3.05, 3.63) is 204 Å². The molecule has 0 spiro atoms. The van der Waals surface area contributed by atoms with Crippen LogP contribution in [-0.4, -0.2) is 16.4 Å². The van der Waals surface area contributed by atoms with E-state index in [9.17, 15) is 15.3 Å². The molecule has 0 radical (unpaired) electrons. The van der Waals surface area contributed by atoms with E-state index in [0.29, 0.717) is 22.5 Å². The van der Waals surface area contributed by atoms with Crippen LogP contribution in [0, 0.1) is 22.7 Å². The average molecular weight is 743 g/mol. The smallest absolute Gasteiger partial charge is 0.268 e. The number of carbonyl (C=O) groups excluding carboxylic acids is 2. The molecular formula is C52H30N4O2. The first-order valence-electron chi connectivity index (χ1n) is 18.9. The van der Waals surface area contributed by atoms with Crippen molar-refractivity contribution in [2.24, 2.45) is 0 Å². The molecule has 6 heteroatoms. The molecule has 0 N–H and O–H groups in total. The summed E-state index contributed by atoms with van der Waals surface area (Å²) in [6, 6.07) is 62.8. The van der Waals surface area contributed by atoms with Gasteiger partial charge in [-0.25, -0.2) is 4.90 Å². The van der Waals surface area contributed by atoms with Gasteiger partial charge >= 0.3 is 0 Å². The number of hydrogen-bond acceptors (Lipinski definition) is 4. The molecule has 10 rings (SSSR count). The maximum absolute atomic E-state index is 15.2. The molecule has 1 aliphatic rings. The lowest BCUT2D eigenvalue weighted by Gasteiger charge is -2.19. The summed E-state index contributed by atoms with van der Waals surface area (Å²) in [5.74, 6) is -0.864. The normalized spacial score (nSPS) is 12.1. The van der Waals surface area contributed by atoms with Gasteiger partial charge in [0.15, 0.2) is 0 Å². The van der Waals surface area contributed by atoms with Gasteiger partial charge in [-0.05, 0) is 64.7 Å². The number of anilines is 1. The molecule has 8 aromatic carbocycles. The Hall–Kier alpha value is -8.32. The van der Waals surface area contributed by atoms with Crippen LogP contribution in [-0.2, 0) is 0 Å². The van der Waals surface area contributed by atoms with Crippen LogP contribution in [0.15, 0.2) is 182 Å². The molecule has 0 atom stereocenters. The Labute approximate surface area is 334 Å². The van der Waals surface area contributed by atoms with E-state index in [1.54, 1.807) is 18.2 Å². The molecule has 270 valence electrons. The summed E-state index contributed by atoms with van der Waals surface area (Å²) in [6.45, 7) is 0. The third-order valence-corrected chi connectivity index (χ3v) is 11.0. The highest BCUT2D eigenvalue weighted by Crippen LogP contribution is 2.45. The van der Waals surface area contributed by atoms with Crippen molar-refractivity contribution in [3.63, 3.8) is 0 Å². The zero-order chi connectivity index (χ0) is 39.3. The number of rotatable bonds is 6. The van der Waals surface area contributed by atoms with Crippen LogP contribution in [0.5, 0.6) is 0 Å². The maximum Gasteiger partial charge on any atom is 0.268 e. The molecule has 58 heavy (non-hydrogen) atoms. The van der Waals surface area contributed by atoms with Gasteiger partial charge in [0.05, 0.1) is 56.8 Å². The minimum atomic E-state index is -0.445. The van der Waals surface area contributed by atoms with E-state index in [2.05, 4.69) is 22.8 Å². The predicted molar refractivity (Wildman–Crippen MR) is 230 cm³/mol. The highest BCUT2D eigenvalue weighted by atomic mass is 16.2. The first-order chi connectivity index (χ1) is 28.6. The van der Waals surface area contributed by atoms with Crippen LogP contribution in [0.2, 0.25) is 0 Å². The largest absolute Gasteiger partial charge is 0.307 e. The zero-order valence-corrected chi connectivity index (χ0v) is 30.9. The van der Waals surface area contributed by atoms with Crippen molar-refractivity contribution < 1.29 is 9.59 Å². The van der Waals surface area contributed by atoms with Crippen molar-refractivity contribution in [1.29, 1.82) is 10.5 Å². The summed E-state index contributed by atoms with van der Waals surface area (Å²) in [5.41, 5.74) is 10.8. The van der Waals surface area contributed by atoms with E-state index in [1.165, 1.54) is 4.90 Å². The van der Waals surface area contributed by atoms with E-state index in [4.69, 9.17) is 0 Å². The minimum Gasteiger partial charge on any atom is -0.307 e. The molecule has 1 aromatic heterocycles. The minimum absolute atomic E-state index is 0.268. The first-order valence-corrected chi connectivity index (χ1v) is 18.9. The van der Waals surface area contributed by atoms with Crippen molar-refractivity contribution in [3.8, 4) is 62.3 Å². The van der Waals surface area contributed by atoms with Gasteiger partial charge in [-0.1, -0.05) is 140 Å². The number of nitriles is 2. The number of benzene rings is 8. The van der Waals surface area contributed by atoms with Crippen molar-refractivity contribution in [2.75, 3.05) is 4.90 Å². The van der Waals surface area contributed by atoms with Crippen LogP contribution in [0.3, 0.4) is 0 Å². The molecule has 0 unspecified atom stereocenters. The van der Waals surface area contributed by atoms with Crippen LogP contribution in [0.25, 0.3) is 72.0 Å². The molecular weight excluding hydrogens is 713 g/mol. The summed E-state index contributed by atoms with van der Waals surface area (Å²) in [6.07, 6.45) is 0. The van der Waals surface area contributed by atoms with Gasteiger partial charge < -0.3 is 4.57 Å². The fourth-order valence-electron chi connectivity index (χ4n) is 8.45. The Morgan fingerprint density at radius 1 is 0.397 bits per heavy atom. The van der Waals surface area contributed by atoms with Gasteiger partial charge in [-0.15, -0.1) is 0 Å². The number of para-hydroxylation sites is 2. The number of imide groups is 1. The predicted octanol–water partition coefficient (Wildman–Crippen LogP) is 12.0. The van der Waals surface area contributed by atoms with Gasteiger partial charge in [-0.3, -0.25) is 9.59 Å².